The van der Waals surface area contributed by atoms with Gasteiger partial charge in [-0.1, -0.05) is 6.08 Å². The summed E-state index contributed by atoms with van der Waals surface area (Å²) in [6, 6.07) is 1.50. The van der Waals surface area contributed by atoms with Crippen molar-refractivity contribution < 1.29 is 13.7 Å². The Balaban J connectivity index is 2.28. The molecule has 0 spiro atoms. The summed E-state index contributed by atoms with van der Waals surface area (Å²) < 4.78 is 25.0. The highest BCUT2D eigenvalue weighted by atomic mass is 19.1. The molecule has 114 valence electrons. The third kappa shape index (κ3) is 3.10. The quantitative estimate of drug-likeness (QED) is 0.655. The molecular weight excluding hydrogens is 272 g/mol. The van der Waals surface area contributed by atoms with Crippen LogP contribution in [0.4, 0.5) is 10.1 Å². The number of nitrogens with two attached hydrogens (primary N) is 2. The second-order valence-corrected chi connectivity index (χ2v) is 6.16. The van der Waals surface area contributed by atoms with Crippen LogP contribution in [0.2, 0.25) is 0 Å². The summed E-state index contributed by atoms with van der Waals surface area (Å²) in [7, 11) is -0.536. The SMILES string of the molecule is CC1(C)OB(C(=Cc2cnc(F)c(N)c2)CN)OC1(C)C. The summed E-state index contributed by atoms with van der Waals surface area (Å²) in [5, 5.41) is 0. The van der Waals surface area contributed by atoms with Gasteiger partial charge in [-0.3, -0.25) is 0 Å². The first-order chi connectivity index (χ1) is 9.66. The first-order valence-electron chi connectivity index (χ1n) is 6.83. The van der Waals surface area contributed by atoms with E-state index < -0.39 is 24.3 Å². The fraction of sp³-hybridized carbons (Fsp3) is 0.500. The normalized spacial score (nSPS) is 20.9. The molecule has 0 saturated carbocycles. The zero-order valence-electron chi connectivity index (χ0n) is 12.8. The van der Waals surface area contributed by atoms with Crippen LogP contribution in [-0.4, -0.2) is 29.8 Å². The van der Waals surface area contributed by atoms with E-state index in [0.29, 0.717) is 5.56 Å². The van der Waals surface area contributed by atoms with Gasteiger partial charge in [0.1, 0.15) is 0 Å². The summed E-state index contributed by atoms with van der Waals surface area (Å²) >= 11 is 0. The van der Waals surface area contributed by atoms with Gasteiger partial charge in [-0.05, 0) is 44.8 Å². The van der Waals surface area contributed by atoms with Gasteiger partial charge in [-0.2, -0.15) is 4.39 Å². The van der Waals surface area contributed by atoms with E-state index in [1.807, 2.05) is 27.7 Å². The highest BCUT2D eigenvalue weighted by Gasteiger charge is 2.52. The molecule has 0 radical (unpaired) electrons. The van der Waals surface area contributed by atoms with Crippen LogP contribution in [-0.2, 0) is 9.31 Å². The molecule has 0 unspecified atom stereocenters. The lowest BCUT2D eigenvalue weighted by molar-refractivity contribution is 0.00578. The number of rotatable bonds is 3. The average molecular weight is 293 g/mol. The van der Waals surface area contributed by atoms with Crippen LogP contribution in [0.15, 0.2) is 17.7 Å². The summed E-state index contributed by atoms with van der Waals surface area (Å²) in [5.41, 5.74) is 11.8. The molecule has 2 heterocycles. The minimum atomic E-state index is -0.683. The molecule has 0 aromatic carbocycles. The molecule has 2 rings (SSSR count). The van der Waals surface area contributed by atoms with Crippen molar-refractivity contribution in [3.8, 4) is 0 Å². The number of hydrogen-bond donors (Lipinski definition) is 2. The van der Waals surface area contributed by atoms with Crippen LogP contribution >= 0.6 is 0 Å². The maximum absolute atomic E-state index is 13.1. The third-order valence-electron chi connectivity index (χ3n) is 4.03. The Morgan fingerprint density at radius 2 is 1.90 bits per heavy atom. The highest BCUT2D eigenvalue weighted by molar-refractivity contribution is 6.55. The van der Waals surface area contributed by atoms with Gasteiger partial charge in [0.25, 0.3) is 0 Å². The molecule has 1 aromatic heterocycles. The van der Waals surface area contributed by atoms with Crippen molar-refractivity contribution in [3.63, 3.8) is 0 Å². The Bertz CT molecular complexity index is 559. The maximum atomic E-state index is 13.1. The summed E-state index contributed by atoms with van der Waals surface area (Å²) in [6.07, 6.45) is 3.16. The first-order valence-corrected chi connectivity index (χ1v) is 6.83. The molecule has 5 nitrogen and oxygen atoms in total. The van der Waals surface area contributed by atoms with E-state index in [4.69, 9.17) is 20.8 Å². The molecule has 1 fully saturated rings. The van der Waals surface area contributed by atoms with Crippen molar-refractivity contribution in [1.82, 2.24) is 4.98 Å². The molecule has 0 amide bonds. The molecule has 0 bridgehead atoms. The minimum absolute atomic E-state index is 0.00552. The lowest BCUT2D eigenvalue weighted by atomic mass is 9.77. The Labute approximate surface area is 124 Å². The number of nitrogens with zero attached hydrogens (tertiary/aromatic N) is 1. The summed E-state index contributed by atoms with van der Waals surface area (Å²) in [5.74, 6) is -0.683. The second-order valence-electron chi connectivity index (χ2n) is 6.16. The molecule has 4 N–H and O–H groups in total. The standard InChI is InChI=1S/C14H21BFN3O2/c1-13(2)14(3,4)21-15(20-13)10(7-17)5-9-6-11(18)12(16)19-8-9/h5-6,8H,7,17-18H2,1-4H3. The number of halogens is 1. The minimum Gasteiger partial charge on any atom is -0.400 e. The second kappa shape index (κ2) is 5.40. The maximum Gasteiger partial charge on any atom is 0.491 e. The van der Waals surface area contributed by atoms with Gasteiger partial charge in [0.05, 0.1) is 16.9 Å². The van der Waals surface area contributed by atoms with Gasteiger partial charge in [0, 0.05) is 12.7 Å². The van der Waals surface area contributed by atoms with Crippen LogP contribution in [0.25, 0.3) is 6.08 Å². The van der Waals surface area contributed by atoms with Gasteiger partial charge in [0.15, 0.2) is 0 Å². The molecule has 1 aliphatic rings. The van der Waals surface area contributed by atoms with Crippen LogP contribution in [0.5, 0.6) is 0 Å². The van der Waals surface area contributed by atoms with E-state index in [-0.39, 0.29) is 12.2 Å². The predicted molar refractivity (Wildman–Crippen MR) is 81.7 cm³/mol. The van der Waals surface area contributed by atoms with Gasteiger partial charge in [0.2, 0.25) is 5.95 Å². The van der Waals surface area contributed by atoms with E-state index in [2.05, 4.69) is 4.98 Å². The summed E-state index contributed by atoms with van der Waals surface area (Å²) in [6.45, 7) is 8.14. The molecule has 0 atom stereocenters. The first kappa shape index (κ1) is 15.9. The zero-order valence-corrected chi connectivity index (χ0v) is 12.8. The van der Waals surface area contributed by atoms with Crippen molar-refractivity contribution in [2.75, 3.05) is 12.3 Å². The fourth-order valence-electron chi connectivity index (χ4n) is 1.99. The van der Waals surface area contributed by atoms with Crippen LogP contribution in [0, 0.1) is 5.95 Å². The van der Waals surface area contributed by atoms with E-state index in [1.54, 1.807) is 6.08 Å². The highest BCUT2D eigenvalue weighted by Crippen LogP contribution is 2.38. The van der Waals surface area contributed by atoms with Gasteiger partial charge >= 0.3 is 7.12 Å². The Morgan fingerprint density at radius 1 is 1.33 bits per heavy atom. The van der Waals surface area contributed by atoms with E-state index >= 15 is 0 Å². The molecule has 1 aliphatic heterocycles. The molecule has 1 aromatic rings. The molecule has 21 heavy (non-hydrogen) atoms. The number of nitrogen functional groups attached to an aromatic ring is 1. The Hall–Kier alpha value is -1.44. The third-order valence-corrected chi connectivity index (χ3v) is 4.03. The lowest BCUT2D eigenvalue weighted by Gasteiger charge is -2.32. The van der Waals surface area contributed by atoms with E-state index in [1.165, 1.54) is 12.3 Å². The van der Waals surface area contributed by atoms with Crippen LogP contribution in [0.1, 0.15) is 33.3 Å². The fourth-order valence-corrected chi connectivity index (χ4v) is 1.99. The Morgan fingerprint density at radius 3 is 2.38 bits per heavy atom. The lowest BCUT2D eigenvalue weighted by Crippen LogP contribution is -2.41. The largest absolute Gasteiger partial charge is 0.491 e. The molecule has 7 heteroatoms. The van der Waals surface area contributed by atoms with Gasteiger partial charge in [-0.15, -0.1) is 0 Å². The van der Waals surface area contributed by atoms with Crippen molar-refractivity contribution in [2.24, 2.45) is 5.73 Å². The van der Waals surface area contributed by atoms with Gasteiger partial charge in [-0.25, -0.2) is 4.98 Å². The Kier molecular flexibility index (Phi) is 4.10. The van der Waals surface area contributed by atoms with Crippen molar-refractivity contribution in [3.05, 3.63) is 29.2 Å². The average Bonchev–Trinajstić information content (AvgIpc) is 2.59. The topological polar surface area (TPSA) is 83.4 Å². The van der Waals surface area contributed by atoms with Crippen molar-refractivity contribution >= 4 is 18.9 Å². The summed E-state index contributed by atoms with van der Waals surface area (Å²) in [4.78, 5) is 3.59. The van der Waals surface area contributed by atoms with Crippen LogP contribution in [0.3, 0.4) is 0 Å². The number of anilines is 1. The predicted octanol–water partition coefficient (Wildman–Crippen LogP) is 1.78. The molecule has 0 aliphatic carbocycles. The molecule has 1 saturated heterocycles. The monoisotopic (exact) mass is 293 g/mol. The molecular formula is C14H21BFN3O2. The van der Waals surface area contributed by atoms with E-state index in [9.17, 15) is 4.39 Å². The van der Waals surface area contributed by atoms with Crippen LogP contribution < -0.4 is 11.5 Å². The zero-order chi connectivity index (χ0) is 15.8. The number of pyridine rings is 1. The smallest absolute Gasteiger partial charge is 0.400 e. The van der Waals surface area contributed by atoms with Crippen molar-refractivity contribution in [2.45, 2.75) is 38.9 Å². The van der Waals surface area contributed by atoms with Gasteiger partial charge < -0.3 is 20.8 Å². The van der Waals surface area contributed by atoms with Crippen molar-refractivity contribution in [1.29, 1.82) is 0 Å². The number of aromatic nitrogens is 1. The van der Waals surface area contributed by atoms with E-state index in [0.717, 1.165) is 5.47 Å². The number of hydrogen-bond acceptors (Lipinski definition) is 5.